The minimum absolute atomic E-state index is 0.0422. The fraction of sp³-hybridized carbons (Fsp3) is 0.105. The van der Waals surface area contributed by atoms with Crippen molar-refractivity contribution in [1.82, 2.24) is 4.90 Å². The van der Waals surface area contributed by atoms with Crippen molar-refractivity contribution >= 4 is 11.1 Å². The van der Waals surface area contributed by atoms with Crippen LogP contribution in [0.4, 0.5) is 0 Å². The molecule has 5 heteroatoms. The van der Waals surface area contributed by atoms with Crippen molar-refractivity contribution in [3.8, 4) is 18.2 Å². The highest BCUT2D eigenvalue weighted by Crippen LogP contribution is 2.11. The van der Waals surface area contributed by atoms with E-state index in [-0.39, 0.29) is 12.2 Å². The van der Waals surface area contributed by atoms with E-state index < -0.39 is 0 Å². The summed E-state index contributed by atoms with van der Waals surface area (Å²) < 4.78 is 0. The molecule has 24 heavy (non-hydrogen) atoms. The molecule has 1 heterocycles. The quantitative estimate of drug-likeness (QED) is 0.891. The van der Waals surface area contributed by atoms with Crippen molar-refractivity contribution in [3.05, 3.63) is 70.9 Å². The van der Waals surface area contributed by atoms with Gasteiger partial charge in [0.05, 0.1) is 18.2 Å². The van der Waals surface area contributed by atoms with Gasteiger partial charge in [-0.15, -0.1) is 0 Å². The van der Waals surface area contributed by atoms with Crippen LogP contribution in [0.15, 0.2) is 60.5 Å². The number of nitrogens with zero attached hydrogens (tertiary/aromatic N) is 4. The zero-order valence-corrected chi connectivity index (χ0v) is 12.8. The molecular weight excluding hydrogens is 300 g/mol. The lowest BCUT2D eigenvalue weighted by Gasteiger charge is -2.17. The lowest BCUT2D eigenvalue weighted by Crippen LogP contribution is -2.16. The molecule has 0 aromatic heterocycles. The van der Waals surface area contributed by atoms with Gasteiger partial charge in [-0.3, -0.25) is 0 Å². The van der Waals surface area contributed by atoms with Gasteiger partial charge < -0.3 is 10.0 Å². The van der Waals surface area contributed by atoms with Crippen molar-refractivity contribution in [2.24, 2.45) is 0 Å². The maximum Gasteiger partial charge on any atom is 0.136 e. The van der Waals surface area contributed by atoms with Gasteiger partial charge in [-0.1, -0.05) is 24.3 Å². The van der Waals surface area contributed by atoms with E-state index in [0.29, 0.717) is 22.6 Å². The molecule has 1 aliphatic heterocycles. The van der Waals surface area contributed by atoms with Crippen LogP contribution < -0.4 is 10.4 Å². The zero-order valence-electron chi connectivity index (χ0n) is 12.8. The summed E-state index contributed by atoms with van der Waals surface area (Å²) in [5.41, 5.74) is 1.39. The summed E-state index contributed by atoms with van der Waals surface area (Å²) in [5, 5.41) is 37.3. The molecule has 0 atom stereocenters. The van der Waals surface area contributed by atoms with E-state index in [4.69, 9.17) is 15.6 Å². The summed E-state index contributed by atoms with van der Waals surface area (Å²) in [6.07, 6.45) is 9.15. The molecule has 1 aliphatic rings. The van der Waals surface area contributed by atoms with Gasteiger partial charge in [-0.2, -0.15) is 15.8 Å². The number of rotatable bonds is 3. The minimum Gasteiger partial charge on any atom is -0.395 e. The molecule has 116 valence electrons. The summed E-state index contributed by atoms with van der Waals surface area (Å²) in [5.74, 6) is 0. The highest BCUT2D eigenvalue weighted by molar-refractivity contribution is 5.74. The highest BCUT2D eigenvalue weighted by atomic mass is 16.3. The average Bonchev–Trinajstić information content (AvgIpc) is 2.63. The molecule has 1 N–H and O–H groups in total. The van der Waals surface area contributed by atoms with Crippen molar-refractivity contribution in [2.45, 2.75) is 0 Å². The van der Waals surface area contributed by atoms with E-state index in [1.807, 2.05) is 41.6 Å². The predicted molar refractivity (Wildman–Crippen MR) is 89.5 cm³/mol. The molecule has 0 radical (unpaired) electrons. The predicted octanol–water partition coefficient (Wildman–Crippen LogP) is 0.820. The summed E-state index contributed by atoms with van der Waals surface area (Å²) in [6.45, 7) is 0.591. The molecule has 0 saturated heterocycles. The van der Waals surface area contributed by atoms with Crippen LogP contribution in [0.2, 0.25) is 0 Å². The Morgan fingerprint density at radius 2 is 1.54 bits per heavy atom. The third-order valence-electron chi connectivity index (χ3n) is 3.41. The summed E-state index contributed by atoms with van der Waals surface area (Å²) >= 11 is 0. The van der Waals surface area contributed by atoms with E-state index in [0.717, 1.165) is 5.57 Å². The van der Waals surface area contributed by atoms with Gasteiger partial charge in [0.1, 0.15) is 17.7 Å². The van der Waals surface area contributed by atoms with E-state index in [1.54, 1.807) is 30.3 Å². The van der Waals surface area contributed by atoms with Gasteiger partial charge in [0.25, 0.3) is 0 Å². The molecule has 2 rings (SSSR count). The zero-order chi connectivity index (χ0) is 17.4. The Hall–Kier alpha value is -3.59. The van der Waals surface area contributed by atoms with Crippen LogP contribution in [0, 0.1) is 34.0 Å². The number of nitriles is 3. The largest absolute Gasteiger partial charge is 0.395 e. The van der Waals surface area contributed by atoms with Gasteiger partial charge in [-0.05, 0) is 29.0 Å². The third-order valence-corrected chi connectivity index (χ3v) is 3.41. The van der Waals surface area contributed by atoms with Crippen molar-refractivity contribution < 1.29 is 5.11 Å². The smallest absolute Gasteiger partial charge is 0.136 e. The molecule has 0 unspecified atom stereocenters. The Morgan fingerprint density at radius 3 is 2.04 bits per heavy atom. The molecule has 0 bridgehead atoms. The van der Waals surface area contributed by atoms with Crippen LogP contribution in [0.1, 0.15) is 0 Å². The van der Waals surface area contributed by atoms with E-state index in [9.17, 15) is 5.26 Å². The van der Waals surface area contributed by atoms with Crippen LogP contribution >= 0.6 is 0 Å². The van der Waals surface area contributed by atoms with E-state index in [1.165, 1.54) is 0 Å². The lowest BCUT2D eigenvalue weighted by molar-refractivity contribution is 0.263. The SMILES string of the molecule is N#CC(C#N)=c1ccc(=C(C#N)C=C2C=CN(CCO)C=C2)cc1. The topological polar surface area (TPSA) is 94.8 Å². The highest BCUT2D eigenvalue weighted by Gasteiger charge is 2.01. The van der Waals surface area contributed by atoms with E-state index >= 15 is 0 Å². The fourth-order valence-corrected chi connectivity index (χ4v) is 2.15. The number of hydrogen-bond donors (Lipinski definition) is 1. The number of aliphatic hydroxyl groups excluding tert-OH is 1. The first-order valence-electron chi connectivity index (χ1n) is 7.21. The van der Waals surface area contributed by atoms with Crippen LogP contribution in [0.25, 0.3) is 11.1 Å². The average molecular weight is 314 g/mol. The van der Waals surface area contributed by atoms with Crippen LogP contribution in [0.3, 0.4) is 0 Å². The van der Waals surface area contributed by atoms with Crippen molar-refractivity contribution in [3.63, 3.8) is 0 Å². The Morgan fingerprint density at radius 1 is 0.958 bits per heavy atom. The first-order chi connectivity index (χ1) is 11.7. The molecule has 1 aromatic rings. The third kappa shape index (κ3) is 3.99. The second kappa shape index (κ2) is 8.15. The first kappa shape index (κ1) is 16.8. The molecule has 0 spiro atoms. The van der Waals surface area contributed by atoms with Crippen LogP contribution in [0.5, 0.6) is 0 Å². The van der Waals surface area contributed by atoms with Crippen molar-refractivity contribution in [2.75, 3.05) is 13.2 Å². The van der Waals surface area contributed by atoms with Gasteiger partial charge in [0, 0.05) is 24.2 Å². The standard InChI is InChI=1S/C19H14N4O/c20-12-18(11-15-5-7-23(8-6-15)9-10-24)16-1-3-17(4-2-16)19(13-21)14-22/h1-8,11,24H,9-10H2. The van der Waals surface area contributed by atoms with Crippen molar-refractivity contribution in [1.29, 1.82) is 15.8 Å². The van der Waals surface area contributed by atoms with E-state index in [2.05, 4.69) is 6.07 Å². The van der Waals surface area contributed by atoms with Gasteiger partial charge in [0.2, 0.25) is 0 Å². The van der Waals surface area contributed by atoms with Gasteiger partial charge in [0.15, 0.2) is 0 Å². The van der Waals surface area contributed by atoms with Crippen LogP contribution in [-0.4, -0.2) is 23.2 Å². The number of hydrogen-bond acceptors (Lipinski definition) is 5. The van der Waals surface area contributed by atoms with Gasteiger partial charge in [-0.25, -0.2) is 0 Å². The summed E-state index contributed by atoms with van der Waals surface area (Å²) in [7, 11) is 0. The molecule has 1 aromatic carbocycles. The van der Waals surface area contributed by atoms with Crippen LogP contribution in [-0.2, 0) is 0 Å². The number of allylic oxidation sites excluding steroid dienone is 4. The summed E-state index contributed by atoms with van der Waals surface area (Å²) in [6, 6.07) is 12.6. The first-order valence-corrected chi connectivity index (χ1v) is 7.21. The Labute approximate surface area is 139 Å². The normalized spacial score (nSPS) is 12.1. The molecule has 0 fully saturated rings. The second-order valence-electron chi connectivity index (χ2n) is 4.94. The molecule has 0 saturated carbocycles. The Balaban J connectivity index is 2.40. The number of β-amino-alcohol motifs (C(OH)–C–C–N with tert-alkyl or cyclic N) is 1. The molecule has 5 nitrogen and oxygen atoms in total. The molecule has 0 aliphatic carbocycles. The minimum atomic E-state index is 0.0422. The maximum atomic E-state index is 9.38. The summed E-state index contributed by atoms with van der Waals surface area (Å²) in [4.78, 5) is 1.85. The second-order valence-corrected chi connectivity index (χ2v) is 4.94. The lowest BCUT2D eigenvalue weighted by atomic mass is 10.1. The Bertz CT molecular complexity index is 907. The van der Waals surface area contributed by atoms with Gasteiger partial charge >= 0.3 is 0 Å². The number of aliphatic hydroxyl groups is 1. The molecular formula is C19H14N4O. The monoisotopic (exact) mass is 314 g/mol. The molecule has 0 amide bonds. The number of benzene rings is 1. The Kier molecular flexibility index (Phi) is 5.70. The fourth-order valence-electron chi connectivity index (χ4n) is 2.15. The maximum absolute atomic E-state index is 9.38.